The van der Waals surface area contributed by atoms with Gasteiger partial charge in [0.1, 0.15) is 5.82 Å². The van der Waals surface area contributed by atoms with Gasteiger partial charge in [-0.05, 0) is 18.6 Å². The molecular formula is C12H10FLi. The first-order chi connectivity index (χ1) is 6.34. The molecule has 0 bridgehead atoms. The van der Waals surface area contributed by atoms with Crippen molar-refractivity contribution < 1.29 is 23.3 Å². The molecule has 0 amide bonds. The largest absolute Gasteiger partial charge is 1.00 e. The molecule has 0 atom stereocenters. The van der Waals surface area contributed by atoms with Gasteiger partial charge in [0.2, 0.25) is 0 Å². The summed E-state index contributed by atoms with van der Waals surface area (Å²) >= 11 is 0. The molecule has 0 heterocycles. The van der Waals surface area contributed by atoms with Crippen molar-refractivity contribution in [2.24, 2.45) is 0 Å². The summed E-state index contributed by atoms with van der Waals surface area (Å²) in [7, 11) is 0. The Balaban J connectivity index is 0.000000980. The van der Waals surface area contributed by atoms with E-state index in [0.29, 0.717) is 0 Å². The molecule has 0 radical (unpaired) electrons. The Bertz CT molecular complexity index is 362. The van der Waals surface area contributed by atoms with E-state index >= 15 is 0 Å². The Labute approximate surface area is 95.3 Å². The second-order valence-electron chi connectivity index (χ2n) is 3.10. The van der Waals surface area contributed by atoms with Gasteiger partial charge in [-0.15, -0.1) is 0 Å². The fraction of sp³-hybridized carbons (Fsp3) is 0.0833. The molecule has 0 unspecified atom stereocenters. The van der Waals surface area contributed by atoms with E-state index in [0.717, 1.165) is 12.0 Å². The third kappa shape index (κ3) is 2.80. The Morgan fingerprint density at radius 2 is 1.57 bits per heavy atom. The van der Waals surface area contributed by atoms with Crippen LogP contribution in [0, 0.1) is 5.82 Å². The van der Waals surface area contributed by atoms with Gasteiger partial charge in [0.15, 0.2) is 0 Å². The number of benzene rings is 1. The van der Waals surface area contributed by atoms with Crippen molar-refractivity contribution in [1.82, 2.24) is 0 Å². The van der Waals surface area contributed by atoms with Crippen molar-refractivity contribution in [3.05, 3.63) is 65.5 Å². The average molecular weight is 180 g/mol. The molecule has 0 N–H and O–H groups in total. The van der Waals surface area contributed by atoms with E-state index in [1.54, 1.807) is 0 Å². The van der Waals surface area contributed by atoms with Crippen LogP contribution in [0.15, 0.2) is 48.5 Å². The summed E-state index contributed by atoms with van der Waals surface area (Å²) < 4.78 is 12.6. The molecule has 2 aromatic carbocycles. The molecule has 0 saturated carbocycles. The first kappa shape index (κ1) is 11.2. The smallest absolute Gasteiger partial charge is 0.213 e. The zero-order valence-electron chi connectivity index (χ0n) is 8.20. The molecule has 2 rings (SSSR count). The SMILES string of the molecule is Fc1ccc(C[c-]2cccc2)cc1.[Li+]. The van der Waals surface area contributed by atoms with E-state index in [4.69, 9.17) is 0 Å². The quantitative estimate of drug-likeness (QED) is 0.455. The van der Waals surface area contributed by atoms with E-state index in [9.17, 15) is 4.39 Å². The number of hydrogen-bond donors (Lipinski definition) is 0. The Hall–Kier alpha value is -0.903. The topological polar surface area (TPSA) is 0 Å². The van der Waals surface area contributed by atoms with E-state index in [1.807, 2.05) is 24.3 Å². The fourth-order valence-corrected chi connectivity index (χ4v) is 1.37. The second-order valence-corrected chi connectivity index (χ2v) is 3.10. The standard InChI is InChI=1S/C12H10F.Li/c13-12-7-5-11(6-8-12)9-10-3-1-2-4-10;/h1-8H,9H2;/q-1;+1. The van der Waals surface area contributed by atoms with Crippen molar-refractivity contribution in [3.63, 3.8) is 0 Å². The van der Waals surface area contributed by atoms with Crippen molar-refractivity contribution >= 4 is 0 Å². The van der Waals surface area contributed by atoms with Crippen LogP contribution in [0.25, 0.3) is 0 Å². The molecule has 66 valence electrons. The Morgan fingerprint density at radius 3 is 2.14 bits per heavy atom. The van der Waals surface area contributed by atoms with E-state index in [2.05, 4.69) is 12.1 Å². The first-order valence-corrected chi connectivity index (χ1v) is 4.29. The summed E-state index contributed by atoms with van der Waals surface area (Å²) in [5, 5.41) is 0. The van der Waals surface area contributed by atoms with Crippen LogP contribution in [0.5, 0.6) is 0 Å². The first-order valence-electron chi connectivity index (χ1n) is 4.29. The minimum atomic E-state index is -0.175. The monoisotopic (exact) mass is 180 g/mol. The van der Waals surface area contributed by atoms with Crippen LogP contribution < -0.4 is 18.9 Å². The number of hydrogen-bond acceptors (Lipinski definition) is 0. The summed E-state index contributed by atoms with van der Waals surface area (Å²) in [4.78, 5) is 0. The van der Waals surface area contributed by atoms with Crippen LogP contribution in [0.4, 0.5) is 4.39 Å². The van der Waals surface area contributed by atoms with Gasteiger partial charge in [-0.3, -0.25) is 0 Å². The Kier molecular flexibility index (Phi) is 4.07. The van der Waals surface area contributed by atoms with Gasteiger partial charge in [0, 0.05) is 0 Å². The number of rotatable bonds is 2. The fourth-order valence-electron chi connectivity index (χ4n) is 1.37. The third-order valence-electron chi connectivity index (χ3n) is 2.05. The Morgan fingerprint density at radius 1 is 1.00 bits per heavy atom. The van der Waals surface area contributed by atoms with Gasteiger partial charge in [-0.2, -0.15) is 17.7 Å². The molecule has 2 aromatic rings. The molecular weight excluding hydrogens is 170 g/mol. The van der Waals surface area contributed by atoms with Crippen LogP contribution in [0.1, 0.15) is 11.1 Å². The third-order valence-corrected chi connectivity index (χ3v) is 2.05. The molecule has 0 aliphatic heterocycles. The minimum Gasteiger partial charge on any atom is -0.213 e. The molecule has 0 aromatic heterocycles. The summed E-state index contributed by atoms with van der Waals surface area (Å²) in [6.45, 7) is 0. The van der Waals surface area contributed by atoms with Crippen LogP contribution in [-0.2, 0) is 6.42 Å². The molecule has 0 fully saturated rings. The minimum absolute atomic E-state index is 0. The predicted molar refractivity (Wildman–Crippen MR) is 51.2 cm³/mol. The van der Waals surface area contributed by atoms with E-state index in [-0.39, 0.29) is 24.7 Å². The molecule has 0 nitrogen and oxygen atoms in total. The van der Waals surface area contributed by atoms with Gasteiger partial charge >= 0.3 is 18.9 Å². The maximum Gasteiger partial charge on any atom is 1.00 e. The van der Waals surface area contributed by atoms with Crippen LogP contribution in [0.3, 0.4) is 0 Å². The van der Waals surface area contributed by atoms with E-state index in [1.165, 1.54) is 17.7 Å². The van der Waals surface area contributed by atoms with Gasteiger partial charge in [-0.25, -0.2) is 16.5 Å². The molecule has 0 spiro atoms. The van der Waals surface area contributed by atoms with Gasteiger partial charge in [0.05, 0.1) is 0 Å². The van der Waals surface area contributed by atoms with Crippen molar-refractivity contribution in [3.8, 4) is 0 Å². The molecule has 2 heteroatoms. The average Bonchev–Trinajstić information content (AvgIpc) is 2.62. The summed E-state index contributed by atoms with van der Waals surface area (Å²) in [5.74, 6) is -0.175. The molecule has 0 aliphatic carbocycles. The van der Waals surface area contributed by atoms with Crippen molar-refractivity contribution in [2.75, 3.05) is 0 Å². The van der Waals surface area contributed by atoms with Gasteiger partial charge < -0.3 is 0 Å². The summed E-state index contributed by atoms with van der Waals surface area (Å²) in [6, 6.07) is 14.8. The normalized spacial score (nSPS) is 9.50. The van der Waals surface area contributed by atoms with Gasteiger partial charge in [-0.1, -0.05) is 17.7 Å². The van der Waals surface area contributed by atoms with Crippen LogP contribution in [0.2, 0.25) is 0 Å². The predicted octanol–water partition coefficient (Wildman–Crippen LogP) is 0.139. The maximum absolute atomic E-state index is 12.6. The second kappa shape index (κ2) is 5.10. The molecule has 0 aliphatic rings. The number of halogens is 1. The zero-order chi connectivity index (χ0) is 9.10. The zero-order valence-corrected chi connectivity index (χ0v) is 8.20. The molecule has 14 heavy (non-hydrogen) atoms. The van der Waals surface area contributed by atoms with E-state index < -0.39 is 0 Å². The van der Waals surface area contributed by atoms with Crippen LogP contribution >= 0.6 is 0 Å². The van der Waals surface area contributed by atoms with Gasteiger partial charge in [0.25, 0.3) is 0 Å². The molecule has 0 saturated heterocycles. The van der Waals surface area contributed by atoms with Crippen molar-refractivity contribution in [1.29, 1.82) is 0 Å². The summed E-state index contributed by atoms with van der Waals surface area (Å²) in [5.41, 5.74) is 2.42. The maximum atomic E-state index is 12.6. The summed E-state index contributed by atoms with van der Waals surface area (Å²) in [6.07, 6.45) is 0.882. The van der Waals surface area contributed by atoms with Crippen LogP contribution in [-0.4, -0.2) is 0 Å². The van der Waals surface area contributed by atoms with Crippen molar-refractivity contribution in [2.45, 2.75) is 6.42 Å².